The van der Waals surface area contributed by atoms with Crippen LogP contribution in [-0.4, -0.2) is 23.9 Å². The third-order valence-electron chi connectivity index (χ3n) is 3.44. The summed E-state index contributed by atoms with van der Waals surface area (Å²) in [6.07, 6.45) is 8.95. The van der Waals surface area contributed by atoms with Crippen LogP contribution in [-0.2, 0) is 4.74 Å². The SMILES string of the molecule is CC.CCC1COC(C)CC1O.CCCCCCC. The van der Waals surface area contributed by atoms with Crippen molar-refractivity contribution in [3.63, 3.8) is 0 Å². The fourth-order valence-electron chi connectivity index (χ4n) is 2.07. The van der Waals surface area contributed by atoms with Gasteiger partial charge in [-0.15, -0.1) is 0 Å². The molecule has 2 nitrogen and oxygen atoms in total. The second-order valence-electron chi connectivity index (χ2n) is 5.18. The van der Waals surface area contributed by atoms with E-state index >= 15 is 0 Å². The first-order valence-corrected chi connectivity index (χ1v) is 8.45. The summed E-state index contributed by atoms with van der Waals surface area (Å²) in [6.45, 7) is 13.3. The lowest BCUT2D eigenvalue weighted by molar-refractivity contribution is -0.0762. The van der Waals surface area contributed by atoms with E-state index < -0.39 is 0 Å². The number of hydrogen-bond donors (Lipinski definition) is 1. The van der Waals surface area contributed by atoms with Crippen molar-refractivity contribution in [2.24, 2.45) is 5.92 Å². The van der Waals surface area contributed by atoms with Crippen molar-refractivity contribution in [1.29, 1.82) is 0 Å². The molecule has 0 amide bonds. The Labute approximate surface area is 121 Å². The topological polar surface area (TPSA) is 29.5 Å². The highest BCUT2D eigenvalue weighted by Gasteiger charge is 2.25. The monoisotopic (exact) mass is 274 g/mol. The van der Waals surface area contributed by atoms with E-state index in [4.69, 9.17) is 4.74 Å². The van der Waals surface area contributed by atoms with Gasteiger partial charge in [0.15, 0.2) is 0 Å². The highest BCUT2D eigenvalue weighted by atomic mass is 16.5. The van der Waals surface area contributed by atoms with E-state index in [1.807, 2.05) is 20.8 Å². The molecule has 1 N–H and O–H groups in total. The van der Waals surface area contributed by atoms with Gasteiger partial charge in [-0.3, -0.25) is 0 Å². The second-order valence-corrected chi connectivity index (χ2v) is 5.18. The maximum absolute atomic E-state index is 9.46. The van der Waals surface area contributed by atoms with Gasteiger partial charge in [0.05, 0.1) is 18.8 Å². The molecule has 0 saturated carbocycles. The summed E-state index contributed by atoms with van der Waals surface area (Å²) in [5, 5.41) is 9.46. The van der Waals surface area contributed by atoms with Gasteiger partial charge in [-0.1, -0.05) is 66.7 Å². The summed E-state index contributed by atoms with van der Waals surface area (Å²) in [6, 6.07) is 0. The highest BCUT2D eigenvalue weighted by molar-refractivity contribution is 4.74. The standard InChI is InChI=1S/C8H16O2.C7H16.C2H6/c1-3-7-5-10-6(2)4-8(7)9;1-3-5-7-6-4-2;1-2/h6-9H,3-5H2,1-2H3;3-7H2,1-2H3;1-2H3. The largest absolute Gasteiger partial charge is 0.393 e. The van der Waals surface area contributed by atoms with Crippen LogP contribution in [0, 0.1) is 5.92 Å². The molecule has 1 fully saturated rings. The Bertz CT molecular complexity index is 155. The molecule has 1 saturated heterocycles. The Balaban J connectivity index is 0. The third-order valence-corrected chi connectivity index (χ3v) is 3.44. The molecule has 1 aliphatic rings. The summed E-state index contributed by atoms with van der Waals surface area (Å²) in [4.78, 5) is 0. The summed E-state index contributed by atoms with van der Waals surface area (Å²) in [5.41, 5.74) is 0. The van der Waals surface area contributed by atoms with Gasteiger partial charge in [-0.25, -0.2) is 0 Å². The van der Waals surface area contributed by atoms with Crippen LogP contribution in [0.2, 0.25) is 0 Å². The van der Waals surface area contributed by atoms with Crippen molar-refractivity contribution in [2.75, 3.05) is 6.61 Å². The number of aliphatic hydroxyl groups excluding tert-OH is 1. The molecule has 118 valence electrons. The lowest BCUT2D eigenvalue weighted by atomic mass is 9.93. The first-order chi connectivity index (χ1) is 9.15. The minimum atomic E-state index is -0.131. The molecule has 3 atom stereocenters. The Morgan fingerprint density at radius 3 is 1.89 bits per heavy atom. The van der Waals surface area contributed by atoms with Gasteiger partial charge in [-0.05, 0) is 19.8 Å². The Hall–Kier alpha value is -0.0800. The zero-order valence-corrected chi connectivity index (χ0v) is 14.2. The maximum Gasteiger partial charge on any atom is 0.0614 e. The Morgan fingerprint density at radius 2 is 1.53 bits per heavy atom. The molecule has 3 unspecified atom stereocenters. The highest BCUT2D eigenvalue weighted by Crippen LogP contribution is 2.21. The fourth-order valence-corrected chi connectivity index (χ4v) is 2.07. The van der Waals surface area contributed by atoms with E-state index in [1.165, 1.54) is 32.1 Å². The number of ether oxygens (including phenoxy) is 1. The summed E-state index contributed by atoms with van der Waals surface area (Å²) >= 11 is 0. The van der Waals surface area contributed by atoms with E-state index in [2.05, 4.69) is 20.8 Å². The molecule has 1 aliphatic heterocycles. The maximum atomic E-state index is 9.46. The summed E-state index contributed by atoms with van der Waals surface area (Å²) in [5.74, 6) is 0.371. The third kappa shape index (κ3) is 12.7. The van der Waals surface area contributed by atoms with Crippen molar-refractivity contribution in [2.45, 2.75) is 98.7 Å². The predicted octanol–water partition coefficient (Wildman–Crippen LogP) is 5.19. The van der Waals surface area contributed by atoms with Crippen molar-refractivity contribution in [3.05, 3.63) is 0 Å². The number of rotatable bonds is 5. The van der Waals surface area contributed by atoms with Crippen molar-refractivity contribution in [3.8, 4) is 0 Å². The molecule has 0 aromatic rings. The van der Waals surface area contributed by atoms with Gasteiger partial charge >= 0.3 is 0 Å². The molecule has 0 radical (unpaired) electrons. The van der Waals surface area contributed by atoms with E-state index in [0.717, 1.165) is 19.4 Å². The second kappa shape index (κ2) is 16.0. The quantitative estimate of drug-likeness (QED) is 0.699. The molecule has 2 heteroatoms. The number of hydrogen-bond acceptors (Lipinski definition) is 2. The van der Waals surface area contributed by atoms with Crippen LogP contribution in [0.25, 0.3) is 0 Å². The van der Waals surface area contributed by atoms with Crippen LogP contribution in [0.5, 0.6) is 0 Å². The molecule has 0 spiro atoms. The zero-order chi connectivity index (χ0) is 15.1. The van der Waals surface area contributed by atoms with Gasteiger partial charge in [0.2, 0.25) is 0 Å². The Morgan fingerprint density at radius 1 is 1.00 bits per heavy atom. The van der Waals surface area contributed by atoms with Crippen LogP contribution < -0.4 is 0 Å². The average Bonchev–Trinajstić information content (AvgIpc) is 2.42. The predicted molar refractivity (Wildman–Crippen MR) is 85.6 cm³/mol. The number of unbranched alkanes of at least 4 members (excludes halogenated alkanes) is 4. The average molecular weight is 274 g/mol. The van der Waals surface area contributed by atoms with E-state index in [-0.39, 0.29) is 12.2 Å². The zero-order valence-electron chi connectivity index (χ0n) is 14.2. The molecular formula is C17H38O2. The van der Waals surface area contributed by atoms with E-state index in [1.54, 1.807) is 0 Å². The van der Waals surface area contributed by atoms with Crippen molar-refractivity contribution in [1.82, 2.24) is 0 Å². The molecule has 0 aromatic heterocycles. The van der Waals surface area contributed by atoms with Crippen LogP contribution in [0.4, 0.5) is 0 Å². The molecule has 0 aliphatic carbocycles. The van der Waals surface area contributed by atoms with Crippen LogP contribution in [0.15, 0.2) is 0 Å². The summed E-state index contributed by atoms with van der Waals surface area (Å²) < 4.78 is 5.39. The van der Waals surface area contributed by atoms with Crippen LogP contribution in [0.1, 0.15) is 86.5 Å². The normalized spacial score (nSPS) is 25.7. The fraction of sp³-hybridized carbons (Fsp3) is 1.00. The Kier molecular flexibility index (Phi) is 17.8. The molecule has 19 heavy (non-hydrogen) atoms. The molecule has 1 heterocycles. The lowest BCUT2D eigenvalue weighted by Crippen LogP contribution is -2.35. The number of aliphatic hydroxyl groups is 1. The molecule has 0 aromatic carbocycles. The van der Waals surface area contributed by atoms with Gasteiger partial charge in [0.1, 0.15) is 0 Å². The van der Waals surface area contributed by atoms with E-state index in [0.29, 0.717) is 5.92 Å². The summed E-state index contributed by atoms with van der Waals surface area (Å²) in [7, 11) is 0. The van der Waals surface area contributed by atoms with Crippen molar-refractivity contribution >= 4 is 0 Å². The molecule has 0 bridgehead atoms. The minimum Gasteiger partial charge on any atom is -0.393 e. The van der Waals surface area contributed by atoms with Crippen LogP contribution in [0.3, 0.4) is 0 Å². The van der Waals surface area contributed by atoms with Gasteiger partial charge < -0.3 is 9.84 Å². The molecule has 1 rings (SSSR count). The smallest absolute Gasteiger partial charge is 0.0614 e. The van der Waals surface area contributed by atoms with Crippen molar-refractivity contribution < 1.29 is 9.84 Å². The van der Waals surface area contributed by atoms with Gasteiger partial charge in [0.25, 0.3) is 0 Å². The van der Waals surface area contributed by atoms with Gasteiger partial charge in [-0.2, -0.15) is 0 Å². The van der Waals surface area contributed by atoms with E-state index in [9.17, 15) is 5.11 Å². The molecular weight excluding hydrogens is 236 g/mol. The lowest BCUT2D eigenvalue weighted by Gasteiger charge is -2.30. The first-order valence-electron chi connectivity index (χ1n) is 8.45. The van der Waals surface area contributed by atoms with Crippen LogP contribution >= 0.6 is 0 Å². The first kappa shape index (κ1) is 21.2. The van der Waals surface area contributed by atoms with Gasteiger partial charge in [0, 0.05) is 5.92 Å². The minimum absolute atomic E-state index is 0.131.